The molecule has 3 aromatic rings. The lowest BCUT2D eigenvalue weighted by molar-refractivity contribution is -0.137. The molecule has 0 unspecified atom stereocenters. The Labute approximate surface area is 191 Å². The highest BCUT2D eigenvalue weighted by Gasteiger charge is 2.31. The van der Waals surface area contributed by atoms with E-state index in [2.05, 4.69) is 10.0 Å². The molecule has 0 aliphatic heterocycles. The summed E-state index contributed by atoms with van der Waals surface area (Å²) in [7, 11) is -4.29. The van der Waals surface area contributed by atoms with Gasteiger partial charge in [-0.3, -0.25) is 4.79 Å². The average Bonchev–Trinajstić information content (AvgIpc) is 2.79. The molecule has 0 aromatic heterocycles. The van der Waals surface area contributed by atoms with E-state index in [0.717, 1.165) is 12.1 Å². The van der Waals surface area contributed by atoms with Crippen molar-refractivity contribution in [2.75, 3.05) is 5.32 Å². The SMILES string of the molecule is CC(C)[C@H](NS(=O)(=O)c1ccccc1F)C(=O)Oc1ccc(NC(=O)c2ccccc2)cc1. The summed E-state index contributed by atoms with van der Waals surface area (Å²) < 4.78 is 46.7. The molecule has 0 aliphatic rings. The lowest BCUT2D eigenvalue weighted by Gasteiger charge is -2.21. The fraction of sp³-hybridized carbons (Fsp3) is 0.167. The molecule has 0 spiro atoms. The summed E-state index contributed by atoms with van der Waals surface area (Å²) in [6.45, 7) is 3.27. The average molecular weight is 471 g/mol. The normalized spacial score (nSPS) is 12.2. The van der Waals surface area contributed by atoms with Gasteiger partial charge in [0, 0.05) is 11.3 Å². The van der Waals surface area contributed by atoms with E-state index in [1.165, 1.54) is 24.3 Å². The molecule has 0 saturated heterocycles. The summed E-state index contributed by atoms with van der Waals surface area (Å²) in [5.74, 6) is -2.36. The first-order valence-corrected chi connectivity index (χ1v) is 11.6. The molecule has 0 heterocycles. The monoisotopic (exact) mass is 470 g/mol. The maximum atomic E-state index is 14.0. The van der Waals surface area contributed by atoms with E-state index in [1.807, 2.05) is 0 Å². The number of carbonyl (C=O) groups is 2. The fourth-order valence-corrected chi connectivity index (χ4v) is 4.34. The van der Waals surface area contributed by atoms with Crippen LogP contribution in [0, 0.1) is 11.7 Å². The van der Waals surface area contributed by atoms with Crippen LogP contribution in [0.2, 0.25) is 0 Å². The van der Waals surface area contributed by atoms with Gasteiger partial charge >= 0.3 is 5.97 Å². The second-order valence-electron chi connectivity index (χ2n) is 7.54. The molecule has 1 atom stereocenters. The molecule has 0 aliphatic carbocycles. The Morgan fingerprint density at radius 1 is 0.879 bits per heavy atom. The van der Waals surface area contributed by atoms with Crippen LogP contribution in [0.25, 0.3) is 0 Å². The molecule has 33 heavy (non-hydrogen) atoms. The molecule has 7 nitrogen and oxygen atoms in total. The number of amides is 1. The van der Waals surface area contributed by atoms with Crippen LogP contribution in [-0.2, 0) is 14.8 Å². The van der Waals surface area contributed by atoms with Crippen LogP contribution in [0.1, 0.15) is 24.2 Å². The second-order valence-corrected chi connectivity index (χ2v) is 9.22. The summed E-state index contributed by atoms with van der Waals surface area (Å²) in [5, 5.41) is 2.73. The van der Waals surface area contributed by atoms with Crippen molar-refractivity contribution in [3.8, 4) is 5.75 Å². The number of hydrogen-bond acceptors (Lipinski definition) is 5. The zero-order valence-electron chi connectivity index (χ0n) is 18.0. The number of ether oxygens (including phenoxy) is 1. The van der Waals surface area contributed by atoms with Gasteiger partial charge in [0.2, 0.25) is 10.0 Å². The molecule has 0 saturated carbocycles. The van der Waals surface area contributed by atoms with Crippen LogP contribution in [0.5, 0.6) is 5.75 Å². The van der Waals surface area contributed by atoms with Crippen LogP contribution < -0.4 is 14.8 Å². The zero-order valence-corrected chi connectivity index (χ0v) is 18.8. The van der Waals surface area contributed by atoms with Crippen molar-refractivity contribution in [1.82, 2.24) is 4.72 Å². The van der Waals surface area contributed by atoms with Crippen molar-refractivity contribution in [1.29, 1.82) is 0 Å². The maximum Gasteiger partial charge on any atom is 0.329 e. The van der Waals surface area contributed by atoms with Crippen LogP contribution in [-0.4, -0.2) is 26.3 Å². The maximum absolute atomic E-state index is 14.0. The zero-order chi connectivity index (χ0) is 24.0. The molecular formula is C24H23FN2O5S. The van der Waals surface area contributed by atoms with Crippen LogP contribution >= 0.6 is 0 Å². The highest BCUT2D eigenvalue weighted by molar-refractivity contribution is 7.89. The Bertz CT molecular complexity index is 1230. The van der Waals surface area contributed by atoms with Gasteiger partial charge in [-0.25, -0.2) is 17.6 Å². The van der Waals surface area contributed by atoms with Crippen molar-refractivity contribution < 1.29 is 27.1 Å². The van der Waals surface area contributed by atoms with Gasteiger partial charge in [-0.05, 0) is 54.4 Å². The highest BCUT2D eigenvalue weighted by Crippen LogP contribution is 2.20. The molecule has 1 amide bonds. The number of carbonyl (C=O) groups excluding carboxylic acids is 2. The molecule has 0 radical (unpaired) electrons. The third kappa shape index (κ3) is 6.24. The minimum absolute atomic E-state index is 0.161. The predicted octanol–water partition coefficient (Wildman–Crippen LogP) is 3.99. The van der Waals surface area contributed by atoms with Gasteiger partial charge in [-0.15, -0.1) is 0 Å². The number of anilines is 1. The summed E-state index contributed by atoms with van der Waals surface area (Å²) in [6, 6.07) is 18.4. The lowest BCUT2D eigenvalue weighted by atomic mass is 10.1. The van der Waals surface area contributed by atoms with Gasteiger partial charge < -0.3 is 10.1 Å². The summed E-state index contributed by atoms with van der Waals surface area (Å²) >= 11 is 0. The van der Waals surface area contributed by atoms with Crippen LogP contribution in [0.4, 0.5) is 10.1 Å². The van der Waals surface area contributed by atoms with Crippen molar-refractivity contribution in [2.45, 2.75) is 24.8 Å². The molecule has 3 rings (SSSR count). The largest absolute Gasteiger partial charge is 0.425 e. The molecular weight excluding hydrogens is 447 g/mol. The topological polar surface area (TPSA) is 102 Å². The number of hydrogen-bond donors (Lipinski definition) is 2. The smallest absolute Gasteiger partial charge is 0.329 e. The van der Waals surface area contributed by atoms with Gasteiger partial charge in [-0.1, -0.05) is 44.2 Å². The van der Waals surface area contributed by atoms with Crippen molar-refractivity contribution in [3.05, 3.63) is 90.2 Å². The van der Waals surface area contributed by atoms with Crippen LogP contribution in [0.15, 0.2) is 83.8 Å². The Morgan fingerprint density at radius 2 is 1.48 bits per heavy atom. The van der Waals surface area contributed by atoms with Crippen LogP contribution in [0.3, 0.4) is 0 Å². The van der Waals surface area contributed by atoms with Crippen molar-refractivity contribution in [2.24, 2.45) is 5.92 Å². The Morgan fingerprint density at radius 3 is 2.09 bits per heavy atom. The number of sulfonamides is 1. The molecule has 172 valence electrons. The third-order valence-electron chi connectivity index (χ3n) is 4.70. The van der Waals surface area contributed by atoms with E-state index >= 15 is 0 Å². The first kappa shape index (κ1) is 24.1. The Hall–Kier alpha value is -3.56. The lowest BCUT2D eigenvalue weighted by Crippen LogP contribution is -2.46. The third-order valence-corrected chi connectivity index (χ3v) is 6.17. The standard InChI is InChI=1S/C24H23FN2O5S/c1-16(2)22(27-33(30,31)21-11-7-6-10-20(21)25)24(29)32-19-14-12-18(13-15-19)26-23(28)17-8-4-3-5-9-17/h3-16,22,27H,1-2H3,(H,26,28)/t22-/m0/s1. The number of nitrogens with one attached hydrogen (secondary N) is 2. The van der Waals surface area contributed by atoms with E-state index in [9.17, 15) is 22.4 Å². The molecule has 3 aromatic carbocycles. The highest BCUT2D eigenvalue weighted by atomic mass is 32.2. The molecule has 9 heteroatoms. The summed E-state index contributed by atoms with van der Waals surface area (Å²) in [6.07, 6.45) is 0. The van der Waals surface area contributed by atoms with Gasteiger partial charge in [0.15, 0.2) is 0 Å². The minimum atomic E-state index is -4.29. The number of benzene rings is 3. The number of rotatable bonds is 8. The first-order chi connectivity index (χ1) is 15.7. The van der Waals surface area contributed by atoms with Gasteiger partial charge in [0.05, 0.1) is 0 Å². The van der Waals surface area contributed by atoms with Crippen molar-refractivity contribution in [3.63, 3.8) is 0 Å². The minimum Gasteiger partial charge on any atom is -0.425 e. The molecule has 0 fully saturated rings. The first-order valence-electron chi connectivity index (χ1n) is 10.1. The Balaban J connectivity index is 1.68. The van der Waals surface area contributed by atoms with E-state index in [-0.39, 0.29) is 11.7 Å². The van der Waals surface area contributed by atoms with E-state index in [1.54, 1.807) is 56.3 Å². The number of halogens is 1. The Kier molecular flexibility index (Phi) is 7.57. The van der Waals surface area contributed by atoms with Gasteiger partial charge in [0.1, 0.15) is 22.5 Å². The predicted molar refractivity (Wildman–Crippen MR) is 122 cm³/mol. The van der Waals surface area contributed by atoms with E-state index in [4.69, 9.17) is 4.74 Å². The molecule has 2 N–H and O–H groups in total. The fourth-order valence-electron chi connectivity index (χ4n) is 2.93. The summed E-state index contributed by atoms with van der Waals surface area (Å²) in [4.78, 5) is 24.4. The van der Waals surface area contributed by atoms with Gasteiger partial charge in [-0.2, -0.15) is 4.72 Å². The van der Waals surface area contributed by atoms with Crippen molar-refractivity contribution >= 4 is 27.6 Å². The second kappa shape index (κ2) is 10.4. The number of esters is 1. The quantitative estimate of drug-likeness (QED) is 0.383. The summed E-state index contributed by atoms with van der Waals surface area (Å²) in [5.41, 5.74) is 0.985. The van der Waals surface area contributed by atoms with Gasteiger partial charge in [0.25, 0.3) is 5.91 Å². The van der Waals surface area contributed by atoms with E-state index in [0.29, 0.717) is 11.3 Å². The van der Waals surface area contributed by atoms with E-state index < -0.39 is 38.7 Å². The molecule has 0 bridgehead atoms.